The molecule has 61 heavy (non-hydrogen) atoms. The molecule has 4 rings (SSSR count). The SMILES string of the molecule is CCCCCCCCCCCCCCCCCCOC[C@H](COP(=O)(O)OC[C@H]1O[C@@](C#N)(c2ccc3c(N)ncnn23)[C@H](O)[C@@H]1O)OCc1cc(F)c(CCC)c(C#N)c1. The van der Waals surface area contributed by atoms with Crippen LogP contribution in [0.1, 0.15) is 145 Å². The number of unbranched alkanes of at least 4 members (excludes halogenated alkanes) is 15. The number of benzene rings is 1. The van der Waals surface area contributed by atoms with Crippen LogP contribution in [-0.2, 0) is 46.5 Å². The molecule has 5 N–H and O–H groups in total. The molecule has 1 aromatic carbocycles. The lowest BCUT2D eigenvalue weighted by molar-refractivity contribution is -0.0690. The molecule has 15 nitrogen and oxygen atoms in total. The lowest BCUT2D eigenvalue weighted by Gasteiger charge is -2.24. The van der Waals surface area contributed by atoms with Gasteiger partial charge >= 0.3 is 7.82 Å². The van der Waals surface area contributed by atoms with Crippen LogP contribution in [0.25, 0.3) is 5.52 Å². The van der Waals surface area contributed by atoms with Crippen LogP contribution in [0.2, 0.25) is 0 Å². The normalized spacial score (nSPS) is 20.4. The molecule has 1 saturated heterocycles. The number of aliphatic hydroxyl groups is 2. The lowest BCUT2D eigenvalue weighted by Crippen LogP contribution is -2.41. The number of anilines is 1. The smallest absolute Gasteiger partial charge is 0.387 e. The minimum absolute atomic E-state index is 0.0130. The molecule has 2 aromatic heterocycles. The summed E-state index contributed by atoms with van der Waals surface area (Å²) >= 11 is 0. The molecule has 0 saturated carbocycles. The molecule has 0 radical (unpaired) electrons. The number of nitrogen functional groups attached to an aromatic ring is 1. The van der Waals surface area contributed by atoms with Gasteiger partial charge in [0.25, 0.3) is 0 Å². The molecular formula is C44H66FN6O9P. The number of halogens is 1. The first-order chi connectivity index (χ1) is 29.5. The van der Waals surface area contributed by atoms with Crippen molar-refractivity contribution in [3.63, 3.8) is 0 Å². The number of nitrogens with zero attached hydrogens (tertiary/aromatic N) is 5. The molecule has 1 fully saturated rings. The van der Waals surface area contributed by atoms with Crippen LogP contribution < -0.4 is 5.73 Å². The number of aliphatic hydroxyl groups excluding tert-OH is 2. The number of rotatable bonds is 31. The zero-order valence-corrected chi connectivity index (χ0v) is 36.8. The van der Waals surface area contributed by atoms with Gasteiger partial charge in [-0.05, 0) is 42.7 Å². The summed E-state index contributed by atoms with van der Waals surface area (Å²) in [4.78, 5) is 14.6. The summed E-state index contributed by atoms with van der Waals surface area (Å²) < 4.78 is 57.5. The third-order valence-electron chi connectivity index (χ3n) is 11.1. The molecule has 0 aliphatic carbocycles. The van der Waals surface area contributed by atoms with E-state index in [2.05, 4.69) is 17.0 Å². The number of ether oxygens (including phenoxy) is 3. The molecule has 0 amide bonds. The molecule has 1 aliphatic rings. The summed E-state index contributed by atoms with van der Waals surface area (Å²) in [7, 11) is -4.85. The van der Waals surface area contributed by atoms with Crippen LogP contribution in [0.3, 0.4) is 0 Å². The van der Waals surface area contributed by atoms with Gasteiger partial charge in [0.05, 0.1) is 43.8 Å². The molecular weight excluding hydrogens is 806 g/mol. The van der Waals surface area contributed by atoms with Crippen molar-refractivity contribution in [3.8, 4) is 12.1 Å². The Balaban J connectivity index is 1.24. The van der Waals surface area contributed by atoms with Gasteiger partial charge in [0.2, 0.25) is 5.60 Å². The van der Waals surface area contributed by atoms with Crippen molar-refractivity contribution < 1.29 is 47.3 Å². The summed E-state index contributed by atoms with van der Waals surface area (Å²) in [5.41, 5.74) is 5.12. The Hall–Kier alpha value is -3.54. The van der Waals surface area contributed by atoms with Crippen molar-refractivity contribution in [2.24, 2.45) is 0 Å². The first-order valence-electron chi connectivity index (χ1n) is 22.1. The highest BCUT2D eigenvalue weighted by atomic mass is 31.2. The summed E-state index contributed by atoms with van der Waals surface area (Å²) in [5, 5.41) is 45.7. The van der Waals surface area contributed by atoms with Gasteiger partial charge in [0, 0.05) is 12.2 Å². The number of nitrogens with two attached hydrogens (primary N) is 1. The fraction of sp³-hybridized carbons (Fsp3) is 0.682. The Kier molecular flexibility index (Phi) is 21.5. The van der Waals surface area contributed by atoms with Crippen LogP contribution in [-0.4, -0.2) is 80.5 Å². The number of nitriles is 2. The molecule has 3 aromatic rings. The number of fused-ring (bicyclic) bond motifs is 1. The molecule has 0 spiro atoms. The number of hydrogen-bond donors (Lipinski definition) is 4. The second-order valence-corrected chi connectivity index (χ2v) is 17.4. The lowest BCUT2D eigenvalue weighted by atomic mass is 9.92. The quantitative estimate of drug-likeness (QED) is 0.0354. The number of hydrogen-bond acceptors (Lipinski definition) is 13. The fourth-order valence-electron chi connectivity index (χ4n) is 7.64. The van der Waals surface area contributed by atoms with E-state index in [4.69, 9.17) is 29.0 Å². The highest BCUT2D eigenvalue weighted by molar-refractivity contribution is 7.47. The minimum Gasteiger partial charge on any atom is -0.387 e. The van der Waals surface area contributed by atoms with Crippen molar-refractivity contribution in [2.75, 3.05) is 32.2 Å². The van der Waals surface area contributed by atoms with Gasteiger partial charge in [-0.2, -0.15) is 15.6 Å². The third kappa shape index (κ3) is 15.1. The largest absolute Gasteiger partial charge is 0.472 e. The van der Waals surface area contributed by atoms with Crippen LogP contribution in [0, 0.1) is 28.5 Å². The monoisotopic (exact) mass is 872 g/mol. The maximum absolute atomic E-state index is 14.9. The molecule has 6 atom stereocenters. The van der Waals surface area contributed by atoms with Crippen molar-refractivity contribution in [2.45, 2.75) is 166 Å². The standard InChI is InChI=1S/C44H66FN6O9P/c1-3-5-6-7-8-9-10-11-12-13-14-15-16-17-18-19-23-56-28-35(57-27-33-24-34(26-46)36(20-4-2)37(45)25-33)29-58-61(54,55)59-30-39-41(52)42(53)44(31-47,60-39)40-22-21-38-43(48)49-32-50-51(38)40/h21-22,24-25,32,35,39,41-42,52-53H,3-20,23,27-30H2,1-2H3,(H,54,55)(H2,48,49,50)/t35-,39-,41-,42-,44+/m1/s1. The fourth-order valence-corrected chi connectivity index (χ4v) is 8.40. The second kappa shape index (κ2) is 26.2. The average Bonchev–Trinajstić information content (AvgIpc) is 3.80. The summed E-state index contributed by atoms with van der Waals surface area (Å²) in [5.74, 6) is -0.401. The van der Waals surface area contributed by atoms with Crippen LogP contribution in [0.15, 0.2) is 30.6 Å². The molecule has 0 bridgehead atoms. The van der Waals surface area contributed by atoms with E-state index in [-0.39, 0.29) is 30.3 Å². The van der Waals surface area contributed by atoms with Gasteiger partial charge in [-0.1, -0.05) is 117 Å². The molecule has 338 valence electrons. The Morgan fingerprint density at radius 2 is 1.57 bits per heavy atom. The topological polar surface area (TPSA) is 228 Å². The number of aromatic nitrogens is 3. The van der Waals surface area contributed by atoms with Gasteiger partial charge in [-0.15, -0.1) is 0 Å². The molecule has 17 heteroatoms. The van der Waals surface area contributed by atoms with E-state index in [1.165, 1.54) is 106 Å². The second-order valence-electron chi connectivity index (χ2n) is 15.9. The maximum Gasteiger partial charge on any atom is 0.472 e. The molecule has 3 heterocycles. The zero-order valence-electron chi connectivity index (χ0n) is 35.9. The highest BCUT2D eigenvalue weighted by Crippen LogP contribution is 2.46. The molecule has 1 aliphatic heterocycles. The Morgan fingerprint density at radius 1 is 0.934 bits per heavy atom. The van der Waals surface area contributed by atoms with Gasteiger partial charge < -0.3 is 35.1 Å². The van der Waals surface area contributed by atoms with E-state index < -0.39 is 56.9 Å². The average molecular weight is 873 g/mol. The van der Waals surface area contributed by atoms with Gasteiger partial charge in [-0.3, -0.25) is 9.05 Å². The van der Waals surface area contributed by atoms with Crippen LogP contribution >= 0.6 is 7.82 Å². The molecule has 1 unspecified atom stereocenters. The van der Waals surface area contributed by atoms with E-state index in [0.29, 0.717) is 36.1 Å². The van der Waals surface area contributed by atoms with E-state index in [1.54, 1.807) is 6.07 Å². The van der Waals surface area contributed by atoms with Gasteiger partial charge in [-0.25, -0.2) is 18.5 Å². The Labute approximate surface area is 359 Å². The summed E-state index contributed by atoms with van der Waals surface area (Å²) in [6, 6.07) is 9.78. The van der Waals surface area contributed by atoms with Crippen molar-refractivity contribution >= 4 is 19.2 Å². The maximum atomic E-state index is 14.9. The number of phosphoric ester groups is 1. The van der Waals surface area contributed by atoms with Crippen LogP contribution in [0.4, 0.5) is 10.2 Å². The summed E-state index contributed by atoms with van der Waals surface area (Å²) in [6.07, 6.45) is 16.4. The Morgan fingerprint density at radius 3 is 2.18 bits per heavy atom. The van der Waals surface area contributed by atoms with Crippen molar-refractivity contribution in [1.29, 1.82) is 10.5 Å². The first kappa shape index (κ1) is 50.1. The van der Waals surface area contributed by atoms with Gasteiger partial charge in [0.15, 0.2) is 5.82 Å². The van der Waals surface area contributed by atoms with E-state index in [0.717, 1.165) is 25.6 Å². The predicted octanol–water partition coefficient (Wildman–Crippen LogP) is 8.11. The van der Waals surface area contributed by atoms with E-state index in [9.17, 15) is 34.6 Å². The van der Waals surface area contributed by atoms with Crippen LogP contribution in [0.5, 0.6) is 0 Å². The summed E-state index contributed by atoms with van der Waals surface area (Å²) in [6.45, 7) is 3.23. The first-order valence-corrected chi connectivity index (χ1v) is 23.6. The van der Waals surface area contributed by atoms with Crippen molar-refractivity contribution in [1.82, 2.24) is 14.6 Å². The third-order valence-corrected chi connectivity index (χ3v) is 12.1. The predicted molar refractivity (Wildman–Crippen MR) is 227 cm³/mol. The zero-order chi connectivity index (χ0) is 44.1. The van der Waals surface area contributed by atoms with E-state index in [1.807, 2.05) is 19.1 Å². The Bertz CT molecular complexity index is 1910. The minimum atomic E-state index is -4.85. The number of phosphoric acid groups is 1. The highest BCUT2D eigenvalue weighted by Gasteiger charge is 2.58. The van der Waals surface area contributed by atoms with Gasteiger partial charge in [0.1, 0.15) is 48.1 Å². The van der Waals surface area contributed by atoms with Crippen molar-refractivity contribution in [3.05, 3.63) is 58.8 Å². The van der Waals surface area contributed by atoms with E-state index >= 15 is 0 Å².